The second kappa shape index (κ2) is 8.76. The van der Waals surface area contributed by atoms with Crippen molar-refractivity contribution < 1.29 is 44.4 Å². The first kappa shape index (κ1) is 22.6. The summed E-state index contributed by atoms with van der Waals surface area (Å²) in [5, 5.41) is 2.75. The van der Waals surface area contributed by atoms with E-state index in [4.69, 9.17) is 0 Å². The number of aromatic nitrogens is 1. The molecule has 2 rings (SSSR count). The molecule has 1 amide bonds. The van der Waals surface area contributed by atoms with Gasteiger partial charge in [0.05, 0.1) is 5.75 Å². The Morgan fingerprint density at radius 3 is 2.41 bits per heavy atom. The lowest BCUT2D eigenvalue weighted by Crippen LogP contribution is -2.32. The number of halogens is 5. The first-order valence-corrected chi connectivity index (χ1v) is 9.68. The summed E-state index contributed by atoms with van der Waals surface area (Å²) < 4.78 is 95.1. The van der Waals surface area contributed by atoms with E-state index in [-0.39, 0.29) is 12.3 Å². The summed E-state index contributed by atoms with van der Waals surface area (Å²) in [6, 6.07) is 5.31. The number of amides is 1. The zero-order valence-electron chi connectivity index (χ0n) is 14.8. The molecule has 1 heterocycles. The highest BCUT2D eigenvalue weighted by molar-refractivity contribution is 7.91. The molecular formula is C16H15F5N2O5S. The van der Waals surface area contributed by atoms with Crippen molar-refractivity contribution in [3.05, 3.63) is 47.3 Å². The molecule has 0 radical (unpaired) electrons. The van der Waals surface area contributed by atoms with Crippen molar-refractivity contribution in [1.82, 2.24) is 10.1 Å². The Bertz CT molecular complexity index is 941. The van der Waals surface area contributed by atoms with E-state index in [0.29, 0.717) is 11.8 Å². The first-order chi connectivity index (χ1) is 13.4. The number of benzene rings is 1. The lowest BCUT2D eigenvalue weighted by atomic mass is 10.2. The van der Waals surface area contributed by atoms with Crippen LogP contribution in [0.15, 0.2) is 35.1 Å². The van der Waals surface area contributed by atoms with Crippen LogP contribution in [0, 0.1) is 0 Å². The summed E-state index contributed by atoms with van der Waals surface area (Å²) in [5.74, 6) is -3.04. The minimum Gasteiger partial charge on any atom is -0.435 e. The van der Waals surface area contributed by atoms with Gasteiger partial charge in [0.25, 0.3) is 0 Å². The van der Waals surface area contributed by atoms with Gasteiger partial charge in [0.2, 0.25) is 5.91 Å². The fourth-order valence-electron chi connectivity index (χ4n) is 2.32. The average Bonchev–Trinajstić information content (AvgIpc) is 3.03. The fraction of sp³-hybridized carbons (Fsp3) is 0.375. The quantitative estimate of drug-likeness (QED) is 0.584. The predicted molar refractivity (Wildman–Crippen MR) is 88.5 cm³/mol. The summed E-state index contributed by atoms with van der Waals surface area (Å²) in [6.45, 7) is -3.04. The molecule has 0 saturated heterocycles. The van der Waals surface area contributed by atoms with E-state index in [1.165, 1.54) is 31.3 Å². The minimum absolute atomic E-state index is 0.0512. The Morgan fingerprint density at radius 1 is 1.24 bits per heavy atom. The van der Waals surface area contributed by atoms with Gasteiger partial charge in [-0.1, -0.05) is 17.3 Å². The number of alkyl halides is 5. The maximum Gasteiger partial charge on any atom is 0.437 e. The summed E-state index contributed by atoms with van der Waals surface area (Å²) >= 11 is 0. The standard InChI is InChI=1S/C16H15F5N2O5S/c1-23(6-10-2-4-12(5-3-10)28-15(17)18)13(24)9-29(25,26)8-11-7-27-22-14(11)16(19,20)21/h2-5,7,15H,6,8-9H2,1H3. The van der Waals surface area contributed by atoms with Crippen LogP contribution in [0.25, 0.3) is 0 Å². The van der Waals surface area contributed by atoms with E-state index >= 15 is 0 Å². The van der Waals surface area contributed by atoms with Crippen molar-refractivity contribution in [2.45, 2.75) is 25.1 Å². The molecule has 2 aromatic rings. The lowest BCUT2D eigenvalue weighted by molar-refractivity contribution is -0.143. The second-order valence-electron chi connectivity index (χ2n) is 5.99. The molecule has 0 fully saturated rings. The van der Waals surface area contributed by atoms with Gasteiger partial charge in [-0.05, 0) is 17.7 Å². The average molecular weight is 442 g/mol. The molecule has 0 unspecified atom stereocenters. The van der Waals surface area contributed by atoms with Gasteiger partial charge in [-0.15, -0.1) is 0 Å². The van der Waals surface area contributed by atoms with Crippen molar-refractivity contribution in [3.8, 4) is 5.75 Å². The molecule has 0 aliphatic rings. The number of nitrogens with zero attached hydrogens (tertiary/aromatic N) is 2. The Hall–Kier alpha value is -2.70. The number of carbonyl (C=O) groups is 1. The minimum atomic E-state index is -4.89. The number of hydrogen-bond donors (Lipinski definition) is 0. The molecule has 0 aliphatic heterocycles. The van der Waals surface area contributed by atoms with E-state index in [9.17, 15) is 35.2 Å². The number of sulfone groups is 1. The van der Waals surface area contributed by atoms with Crippen LogP contribution in [0.3, 0.4) is 0 Å². The van der Waals surface area contributed by atoms with Crippen molar-refractivity contribution >= 4 is 15.7 Å². The van der Waals surface area contributed by atoms with Crippen molar-refractivity contribution in [2.75, 3.05) is 12.8 Å². The zero-order valence-corrected chi connectivity index (χ0v) is 15.6. The number of rotatable bonds is 8. The molecule has 1 aromatic carbocycles. The highest BCUT2D eigenvalue weighted by Gasteiger charge is 2.38. The fourth-order valence-corrected chi connectivity index (χ4v) is 3.70. The maximum atomic E-state index is 12.7. The van der Waals surface area contributed by atoms with Gasteiger partial charge in [-0.25, -0.2) is 8.42 Å². The Labute approximate surface area is 161 Å². The number of carbonyl (C=O) groups excluding carboxylic acids is 1. The number of ether oxygens (including phenoxy) is 1. The van der Waals surface area contributed by atoms with Crippen LogP contribution in [0.5, 0.6) is 5.75 Å². The highest BCUT2D eigenvalue weighted by Crippen LogP contribution is 2.31. The molecule has 160 valence electrons. The molecule has 1 aromatic heterocycles. The van der Waals surface area contributed by atoms with Crippen molar-refractivity contribution in [1.29, 1.82) is 0 Å². The largest absolute Gasteiger partial charge is 0.437 e. The van der Waals surface area contributed by atoms with Crippen LogP contribution >= 0.6 is 0 Å². The number of hydrogen-bond acceptors (Lipinski definition) is 6. The molecular weight excluding hydrogens is 427 g/mol. The lowest BCUT2D eigenvalue weighted by Gasteiger charge is -2.17. The summed E-state index contributed by atoms with van der Waals surface area (Å²) in [4.78, 5) is 13.2. The normalized spacial score (nSPS) is 12.2. The zero-order chi connectivity index (χ0) is 21.8. The molecule has 0 N–H and O–H groups in total. The molecule has 0 bridgehead atoms. The van der Waals surface area contributed by atoms with Gasteiger partial charge in [-0.3, -0.25) is 4.79 Å². The van der Waals surface area contributed by atoms with Crippen LogP contribution in [-0.2, 0) is 33.1 Å². The van der Waals surface area contributed by atoms with Crippen molar-refractivity contribution in [2.24, 2.45) is 0 Å². The van der Waals surface area contributed by atoms with Gasteiger partial charge in [0.1, 0.15) is 17.8 Å². The van der Waals surface area contributed by atoms with Crippen LogP contribution in [0.2, 0.25) is 0 Å². The van der Waals surface area contributed by atoms with Gasteiger partial charge in [-0.2, -0.15) is 22.0 Å². The van der Waals surface area contributed by atoms with Crippen LogP contribution in [-0.4, -0.2) is 43.8 Å². The maximum absolute atomic E-state index is 12.7. The van der Waals surface area contributed by atoms with Crippen LogP contribution in [0.4, 0.5) is 22.0 Å². The highest BCUT2D eigenvalue weighted by atomic mass is 32.2. The molecule has 0 aliphatic carbocycles. The molecule has 0 atom stereocenters. The molecule has 13 heteroatoms. The van der Waals surface area contributed by atoms with E-state index < -0.39 is 51.3 Å². The summed E-state index contributed by atoms with van der Waals surface area (Å²) in [5.41, 5.74) is -1.66. The monoisotopic (exact) mass is 442 g/mol. The summed E-state index contributed by atoms with van der Waals surface area (Å²) in [7, 11) is -2.94. The molecule has 7 nitrogen and oxygen atoms in total. The third-order valence-corrected chi connectivity index (χ3v) is 5.06. The van der Waals surface area contributed by atoms with Gasteiger partial charge in [0.15, 0.2) is 15.5 Å². The first-order valence-electron chi connectivity index (χ1n) is 7.86. The topological polar surface area (TPSA) is 89.7 Å². The predicted octanol–water partition coefficient (Wildman–Crippen LogP) is 2.87. The Balaban J connectivity index is 1.98. The van der Waals surface area contributed by atoms with Gasteiger partial charge < -0.3 is 14.2 Å². The second-order valence-corrected chi connectivity index (χ2v) is 8.06. The molecule has 0 saturated carbocycles. The SMILES string of the molecule is CN(Cc1ccc(OC(F)F)cc1)C(=O)CS(=O)(=O)Cc1conc1C(F)(F)F. The molecule has 29 heavy (non-hydrogen) atoms. The van der Waals surface area contributed by atoms with E-state index in [1.54, 1.807) is 0 Å². The summed E-state index contributed by atoms with van der Waals surface area (Å²) in [6.07, 6.45) is -4.32. The Morgan fingerprint density at radius 2 is 1.86 bits per heavy atom. The van der Waals surface area contributed by atoms with Crippen LogP contribution < -0.4 is 4.74 Å². The third-order valence-electron chi connectivity index (χ3n) is 3.62. The smallest absolute Gasteiger partial charge is 0.435 e. The van der Waals surface area contributed by atoms with E-state index in [0.717, 1.165) is 4.90 Å². The van der Waals surface area contributed by atoms with Crippen LogP contribution in [0.1, 0.15) is 16.8 Å². The third kappa shape index (κ3) is 6.69. The van der Waals surface area contributed by atoms with Gasteiger partial charge >= 0.3 is 12.8 Å². The molecule has 0 spiro atoms. The van der Waals surface area contributed by atoms with Crippen molar-refractivity contribution in [3.63, 3.8) is 0 Å². The Kier molecular flexibility index (Phi) is 6.82. The van der Waals surface area contributed by atoms with E-state index in [1.807, 2.05) is 0 Å². The van der Waals surface area contributed by atoms with Gasteiger partial charge in [0, 0.05) is 19.2 Å². The van der Waals surface area contributed by atoms with E-state index in [2.05, 4.69) is 14.4 Å².